The summed E-state index contributed by atoms with van der Waals surface area (Å²) in [6.45, 7) is 3.11. The second-order valence-corrected chi connectivity index (χ2v) is 6.95. The predicted octanol–water partition coefficient (Wildman–Crippen LogP) is 2.69. The summed E-state index contributed by atoms with van der Waals surface area (Å²) in [6, 6.07) is 16.5. The average Bonchev–Trinajstić information content (AvgIpc) is 2.73. The van der Waals surface area contributed by atoms with Gasteiger partial charge in [0.25, 0.3) is 0 Å². The minimum atomic E-state index is -0.529. The van der Waals surface area contributed by atoms with Crippen LogP contribution in [0.25, 0.3) is 0 Å². The standard InChI is InChI=1S/C21H26N4O/c1-26-19-8-6-17(7-9-19)18(13-22)14-25-12-4-10-21(15-23,16-25)20-5-2-3-11-24-20/h2-3,5-9,11,18H,4,10,12-14,16,22H2,1H3. The number of benzene rings is 1. The van der Waals surface area contributed by atoms with Crippen molar-refractivity contribution in [1.29, 1.82) is 5.26 Å². The molecule has 1 aromatic carbocycles. The Bertz CT molecular complexity index is 741. The van der Waals surface area contributed by atoms with E-state index in [2.05, 4.69) is 28.1 Å². The van der Waals surface area contributed by atoms with E-state index < -0.39 is 5.41 Å². The molecule has 5 nitrogen and oxygen atoms in total. The van der Waals surface area contributed by atoms with Crippen LogP contribution >= 0.6 is 0 Å². The zero-order valence-corrected chi connectivity index (χ0v) is 15.3. The topological polar surface area (TPSA) is 75.2 Å². The van der Waals surface area contributed by atoms with Crippen LogP contribution in [0.2, 0.25) is 0 Å². The zero-order chi connectivity index (χ0) is 18.4. The van der Waals surface area contributed by atoms with Crippen LogP contribution in [0.15, 0.2) is 48.7 Å². The number of nitriles is 1. The van der Waals surface area contributed by atoms with E-state index in [1.165, 1.54) is 5.56 Å². The lowest BCUT2D eigenvalue weighted by Crippen LogP contribution is -2.47. The van der Waals surface area contributed by atoms with Gasteiger partial charge in [-0.1, -0.05) is 18.2 Å². The van der Waals surface area contributed by atoms with Crippen LogP contribution in [-0.2, 0) is 5.41 Å². The third-order valence-corrected chi connectivity index (χ3v) is 5.29. The molecule has 1 saturated heterocycles. The number of piperidine rings is 1. The van der Waals surface area contributed by atoms with Gasteiger partial charge in [-0.15, -0.1) is 0 Å². The molecule has 26 heavy (non-hydrogen) atoms. The van der Waals surface area contributed by atoms with E-state index in [0.717, 1.165) is 37.4 Å². The highest BCUT2D eigenvalue weighted by Crippen LogP contribution is 2.33. The van der Waals surface area contributed by atoms with Crippen LogP contribution in [-0.4, -0.2) is 43.2 Å². The van der Waals surface area contributed by atoms with Crippen molar-refractivity contribution in [3.05, 3.63) is 59.9 Å². The number of ether oxygens (including phenoxy) is 1. The molecule has 2 heterocycles. The molecule has 2 aromatic rings. The number of hydrogen-bond donors (Lipinski definition) is 1. The van der Waals surface area contributed by atoms with Crippen molar-refractivity contribution >= 4 is 0 Å². The number of hydrogen-bond acceptors (Lipinski definition) is 5. The SMILES string of the molecule is COc1ccc(C(CN)CN2CCCC(C#N)(c3ccccn3)C2)cc1. The molecule has 2 atom stereocenters. The van der Waals surface area contributed by atoms with Gasteiger partial charge in [-0.3, -0.25) is 4.98 Å². The average molecular weight is 350 g/mol. The van der Waals surface area contributed by atoms with Gasteiger partial charge in [0, 0.05) is 31.7 Å². The Kier molecular flexibility index (Phi) is 5.87. The fourth-order valence-corrected chi connectivity index (χ4v) is 3.81. The number of nitrogens with two attached hydrogens (primary N) is 1. The molecule has 0 radical (unpaired) electrons. The summed E-state index contributed by atoms with van der Waals surface area (Å²) in [6.07, 6.45) is 3.62. The summed E-state index contributed by atoms with van der Waals surface area (Å²) in [4.78, 5) is 6.83. The second-order valence-electron chi connectivity index (χ2n) is 6.95. The first-order valence-electron chi connectivity index (χ1n) is 9.10. The molecular formula is C21H26N4O. The summed E-state index contributed by atoms with van der Waals surface area (Å²) in [5.41, 5.74) is 7.62. The van der Waals surface area contributed by atoms with Crippen molar-refractivity contribution in [2.45, 2.75) is 24.2 Å². The van der Waals surface area contributed by atoms with Gasteiger partial charge >= 0.3 is 0 Å². The van der Waals surface area contributed by atoms with Crippen LogP contribution < -0.4 is 10.5 Å². The van der Waals surface area contributed by atoms with Gasteiger partial charge in [0.1, 0.15) is 11.2 Å². The van der Waals surface area contributed by atoms with E-state index in [1.54, 1.807) is 13.3 Å². The molecule has 0 amide bonds. The Balaban J connectivity index is 1.75. The summed E-state index contributed by atoms with van der Waals surface area (Å²) in [5, 5.41) is 9.92. The van der Waals surface area contributed by atoms with Gasteiger partial charge < -0.3 is 15.4 Å². The largest absolute Gasteiger partial charge is 0.497 e. The molecule has 2 unspecified atom stereocenters. The quantitative estimate of drug-likeness (QED) is 0.867. The van der Waals surface area contributed by atoms with Crippen LogP contribution in [0.5, 0.6) is 5.75 Å². The number of pyridine rings is 1. The molecule has 5 heteroatoms. The molecule has 0 bridgehead atoms. The number of likely N-dealkylation sites (tertiary alicyclic amines) is 1. The predicted molar refractivity (Wildman–Crippen MR) is 102 cm³/mol. The first-order valence-corrected chi connectivity index (χ1v) is 9.10. The molecule has 136 valence electrons. The van der Waals surface area contributed by atoms with Crippen molar-refractivity contribution < 1.29 is 4.74 Å². The fourth-order valence-electron chi connectivity index (χ4n) is 3.81. The Morgan fingerprint density at radius 3 is 2.73 bits per heavy atom. The third-order valence-electron chi connectivity index (χ3n) is 5.29. The van der Waals surface area contributed by atoms with E-state index in [0.29, 0.717) is 13.1 Å². The van der Waals surface area contributed by atoms with Crippen LogP contribution in [0, 0.1) is 11.3 Å². The van der Waals surface area contributed by atoms with Gasteiger partial charge in [0.15, 0.2) is 0 Å². The molecule has 0 saturated carbocycles. The van der Waals surface area contributed by atoms with Gasteiger partial charge in [0.05, 0.1) is 18.9 Å². The Morgan fingerprint density at radius 1 is 1.31 bits per heavy atom. The lowest BCUT2D eigenvalue weighted by molar-refractivity contribution is 0.165. The van der Waals surface area contributed by atoms with E-state index >= 15 is 0 Å². The van der Waals surface area contributed by atoms with Gasteiger partial charge in [0.2, 0.25) is 0 Å². The van der Waals surface area contributed by atoms with Gasteiger partial charge in [-0.25, -0.2) is 0 Å². The Hall–Kier alpha value is -2.42. The highest BCUT2D eigenvalue weighted by molar-refractivity contribution is 5.31. The highest BCUT2D eigenvalue weighted by Gasteiger charge is 2.39. The molecular weight excluding hydrogens is 324 g/mol. The fraction of sp³-hybridized carbons (Fsp3) is 0.429. The maximum absolute atomic E-state index is 9.92. The molecule has 3 rings (SSSR count). The van der Waals surface area contributed by atoms with E-state index in [9.17, 15) is 5.26 Å². The first-order chi connectivity index (χ1) is 12.7. The molecule has 0 aliphatic carbocycles. The number of methoxy groups -OCH3 is 1. The first kappa shape index (κ1) is 18.4. The van der Waals surface area contributed by atoms with Crippen molar-refractivity contribution in [3.63, 3.8) is 0 Å². The zero-order valence-electron chi connectivity index (χ0n) is 15.3. The summed E-state index contributed by atoms with van der Waals surface area (Å²) in [7, 11) is 1.67. The van der Waals surface area contributed by atoms with Gasteiger partial charge in [-0.05, 0) is 49.2 Å². The van der Waals surface area contributed by atoms with Crippen LogP contribution in [0.1, 0.15) is 30.0 Å². The maximum atomic E-state index is 9.92. The molecule has 1 fully saturated rings. The minimum Gasteiger partial charge on any atom is -0.497 e. The number of aromatic nitrogens is 1. The van der Waals surface area contributed by atoms with Crippen molar-refractivity contribution in [3.8, 4) is 11.8 Å². The van der Waals surface area contributed by atoms with E-state index in [4.69, 9.17) is 10.5 Å². The van der Waals surface area contributed by atoms with Crippen LogP contribution in [0.4, 0.5) is 0 Å². The lowest BCUT2D eigenvalue weighted by atomic mass is 9.77. The molecule has 0 spiro atoms. The van der Waals surface area contributed by atoms with E-state index in [-0.39, 0.29) is 5.92 Å². The smallest absolute Gasteiger partial charge is 0.118 e. The molecule has 1 aliphatic rings. The van der Waals surface area contributed by atoms with Crippen molar-refractivity contribution in [1.82, 2.24) is 9.88 Å². The second kappa shape index (κ2) is 8.31. The summed E-state index contributed by atoms with van der Waals surface area (Å²) >= 11 is 0. The Labute approximate surface area is 155 Å². The summed E-state index contributed by atoms with van der Waals surface area (Å²) in [5.74, 6) is 1.08. The minimum absolute atomic E-state index is 0.235. The summed E-state index contributed by atoms with van der Waals surface area (Å²) < 4.78 is 5.24. The molecule has 1 aromatic heterocycles. The number of rotatable bonds is 6. The lowest BCUT2D eigenvalue weighted by Gasteiger charge is -2.39. The third kappa shape index (κ3) is 3.87. The Morgan fingerprint density at radius 2 is 2.12 bits per heavy atom. The van der Waals surface area contributed by atoms with E-state index in [1.807, 2.05) is 30.3 Å². The normalized spacial score (nSPS) is 21.7. The maximum Gasteiger partial charge on any atom is 0.118 e. The van der Waals surface area contributed by atoms with Crippen LogP contribution in [0.3, 0.4) is 0 Å². The number of nitrogens with zero attached hydrogens (tertiary/aromatic N) is 3. The van der Waals surface area contributed by atoms with Crippen molar-refractivity contribution in [2.75, 3.05) is 33.3 Å². The molecule has 2 N–H and O–H groups in total. The molecule has 1 aliphatic heterocycles. The van der Waals surface area contributed by atoms with Crippen molar-refractivity contribution in [2.24, 2.45) is 5.73 Å². The van der Waals surface area contributed by atoms with Gasteiger partial charge in [-0.2, -0.15) is 5.26 Å². The highest BCUT2D eigenvalue weighted by atomic mass is 16.5. The monoisotopic (exact) mass is 350 g/mol.